The van der Waals surface area contributed by atoms with Crippen molar-refractivity contribution in [1.29, 1.82) is 0 Å². The molecule has 0 saturated carbocycles. The molecule has 6 nitrogen and oxygen atoms in total. The Kier molecular flexibility index (Phi) is 5.49. The van der Waals surface area contributed by atoms with Gasteiger partial charge in [-0.25, -0.2) is 9.98 Å². The number of benzene rings is 2. The first-order chi connectivity index (χ1) is 12.5. The number of thiazole rings is 1. The van der Waals surface area contributed by atoms with Gasteiger partial charge in [-0.1, -0.05) is 29.0 Å². The zero-order valence-corrected chi connectivity index (χ0v) is 16.2. The molecule has 0 aliphatic carbocycles. The average Bonchev–Trinajstić information content (AvgIpc) is 3.00. The van der Waals surface area contributed by atoms with E-state index in [-0.39, 0.29) is 5.96 Å². The minimum Gasteiger partial charge on any atom is -0.496 e. The van der Waals surface area contributed by atoms with Gasteiger partial charge in [-0.3, -0.25) is 0 Å². The molecule has 0 atom stereocenters. The predicted molar refractivity (Wildman–Crippen MR) is 108 cm³/mol. The summed E-state index contributed by atoms with van der Waals surface area (Å²) < 4.78 is 11.8. The molecular weight excluding hydrogens is 372 g/mol. The maximum absolute atomic E-state index is 6.15. The number of aromatic nitrogens is 1. The van der Waals surface area contributed by atoms with E-state index in [0.29, 0.717) is 28.2 Å². The van der Waals surface area contributed by atoms with E-state index in [1.807, 2.05) is 37.3 Å². The summed E-state index contributed by atoms with van der Waals surface area (Å²) in [5, 5.41) is 4.38. The highest BCUT2D eigenvalue weighted by molar-refractivity contribution is 7.22. The molecule has 0 spiro atoms. The third kappa shape index (κ3) is 3.84. The van der Waals surface area contributed by atoms with E-state index in [4.69, 9.17) is 26.8 Å². The highest BCUT2D eigenvalue weighted by Gasteiger charge is 2.10. The van der Waals surface area contributed by atoms with Crippen molar-refractivity contribution in [3.8, 4) is 11.5 Å². The number of halogens is 1. The largest absolute Gasteiger partial charge is 0.496 e. The van der Waals surface area contributed by atoms with Crippen LogP contribution in [0.4, 0.5) is 5.13 Å². The van der Waals surface area contributed by atoms with Crippen molar-refractivity contribution in [2.75, 3.05) is 19.5 Å². The number of aryl methyl sites for hydroxylation is 1. The quantitative estimate of drug-likeness (QED) is 0.504. The van der Waals surface area contributed by atoms with Crippen LogP contribution in [0.25, 0.3) is 10.2 Å². The molecular formula is C18H19ClN4O2S. The molecule has 1 heterocycles. The third-order valence-electron chi connectivity index (χ3n) is 3.84. The number of guanidine groups is 1. The second-order valence-corrected chi connectivity index (χ2v) is 6.99. The zero-order valence-electron chi connectivity index (χ0n) is 14.7. The lowest BCUT2D eigenvalue weighted by Crippen LogP contribution is -2.22. The molecule has 0 amide bonds. The molecule has 0 aliphatic heterocycles. The number of anilines is 1. The molecule has 3 N–H and O–H groups in total. The number of methoxy groups -OCH3 is 2. The monoisotopic (exact) mass is 390 g/mol. The molecule has 0 bridgehead atoms. The lowest BCUT2D eigenvalue weighted by Gasteiger charge is -2.11. The minimum absolute atomic E-state index is 0.264. The number of nitrogens with two attached hydrogens (primary N) is 1. The van der Waals surface area contributed by atoms with Crippen molar-refractivity contribution < 1.29 is 9.47 Å². The molecule has 0 saturated heterocycles. The van der Waals surface area contributed by atoms with Gasteiger partial charge in [-0.05, 0) is 36.8 Å². The second kappa shape index (κ2) is 7.80. The molecule has 0 aliphatic rings. The molecule has 2 aromatic carbocycles. The number of nitrogens with zero attached hydrogens (tertiary/aromatic N) is 2. The Balaban J connectivity index is 1.79. The van der Waals surface area contributed by atoms with Crippen molar-refractivity contribution in [2.24, 2.45) is 10.7 Å². The van der Waals surface area contributed by atoms with Gasteiger partial charge in [-0.15, -0.1) is 0 Å². The summed E-state index contributed by atoms with van der Waals surface area (Å²) in [7, 11) is 3.22. The van der Waals surface area contributed by atoms with Crippen LogP contribution in [0.15, 0.2) is 35.3 Å². The summed E-state index contributed by atoms with van der Waals surface area (Å²) >= 11 is 7.64. The average molecular weight is 391 g/mol. The molecule has 3 rings (SSSR count). The minimum atomic E-state index is 0.264. The van der Waals surface area contributed by atoms with E-state index >= 15 is 0 Å². The van der Waals surface area contributed by atoms with Gasteiger partial charge in [0.05, 0.1) is 36.5 Å². The summed E-state index contributed by atoms with van der Waals surface area (Å²) in [6.07, 6.45) is 0. The number of ether oxygens (including phenoxy) is 2. The van der Waals surface area contributed by atoms with E-state index in [1.165, 1.54) is 11.3 Å². The van der Waals surface area contributed by atoms with E-state index in [0.717, 1.165) is 21.3 Å². The maximum atomic E-state index is 6.15. The highest BCUT2D eigenvalue weighted by Crippen LogP contribution is 2.31. The fourth-order valence-electron chi connectivity index (χ4n) is 2.50. The Morgan fingerprint density at radius 1 is 1.27 bits per heavy atom. The Labute approximate surface area is 160 Å². The first kappa shape index (κ1) is 18.3. The lowest BCUT2D eigenvalue weighted by molar-refractivity contribution is 0.385. The van der Waals surface area contributed by atoms with Crippen LogP contribution in [0.1, 0.15) is 11.1 Å². The Bertz CT molecular complexity index is 910. The number of aliphatic imine (C=N–C) groups is 1. The van der Waals surface area contributed by atoms with E-state index < -0.39 is 0 Å². The highest BCUT2D eigenvalue weighted by atomic mass is 35.5. The van der Waals surface area contributed by atoms with Crippen molar-refractivity contribution in [3.05, 3.63) is 46.5 Å². The molecule has 26 heavy (non-hydrogen) atoms. The Morgan fingerprint density at radius 2 is 1.96 bits per heavy atom. The Morgan fingerprint density at radius 3 is 2.62 bits per heavy atom. The van der Waals surface area contributed by atoms with E-state index in [1.54, 1.807) is 14.2 Å². The fraction of sp³-hybridized carbons (Fsp3) is 0.222. The molecule has 0 radical (unpaired) electrons. The van der Waals surface area contributed by atoms with Crippen LogP contribution in [0.2, 0.25) is 5.02 Å². The Hall–Kier alpha value is -2.51. The van der Waals surface area contributed by atoms with Crippen LogP contribution in [0, 0.1) is 6.92 Å². The molecule has 3 aromatic rings. The smallest absolute Gasteiger partial charge is 0.195 e. The van der Waals surface area contributed by atoms with Crippen LogP contribution in [-0.2, 0) is 6.54 Å². The standard InChI is InChI=1S/C18H19ClN4O2S/c1-10-7-16-13(8-12(10)19)22-18(26-16)23-17(20)21-9-11-14(24-2)5-4-6-15(11)25-3/h4-8H,9H2,1-3H3,(H3,20,21,22,23). The van der Waals surface area contributed by atoms with Gasteiger partial charge in [0.25, 0.3) is 0 Å². The molecule has 0 fully saturated rings. The number of rotatable bonds is 5. The first-order valence-corrected chi connectivity index (χ1v) is 9.04. The van der Waals surface area contributed by atoms with Gasteiger partial charge >= 0.3 is 0 Å². The van der Waals surface area contributed by atoms with E-state index in [9.17, 15) is 0 Å². The second-order valence-electron chi connectivity index (χ2n) is 5.56. The number of fused-ring (bicyclic) bond motifs is 1. The van der Waals surface area contributed by atoms with Gasteiger partial charge < -0.3 is 20.5 Å². The summed E-state index contributed by atoms with van der Waals surface area (Å²) in [6.45, 7) is 2.28. The van der Waals surface area contributed by atoms with Gasteiger partial charge in [0.1, 0.15) is 11.5 Å². The topological polar surface area (TPSA) is 81.8 Å². The zero-order chi connectivity index (χ0) is 18.7. The van der Waals surface area contributed by atoms with Crippen LogP contribution >= 0.6 is 22.9 Å². The third-order valence-corrected chi connectivity index (χ3v) is 5.18. The maximum Gasteiger partial charge on any atom is 0.195 e. The SMILES string of the molecule is COc1cccc(OC)c1CN=C(N)Nc1nc2cc(Cl)c(C)cc2s1. The summed E-state index contributed by atoms with van der Waals surface area (Å²) in [5.74, 6) is 1.66. The normalized spacial score (nSPS) is 11.6. The summed E-state index contributed by atoms with van der Waals surface area (Å²) in [6, 6.07) is 9.43. The van der Waals surface area contributed by atoms with Crippen LogP contribution in [-0.4, -0.2) is 25.2 Å². The molecule has 136 valence electrons. The number of hydrogen-bond donors (Lipinski definition) is 2. The van der Waals surface area contributed by atoms with Crippen molar-refractivity contribution in [1.82, 2.24) is 4.98 Å². The molecule has 8 heteroatoms. The van der Waals surface area contributed by atoms with Gasteiger partial charge in [-0.2, -0.15) is 0 Å². The molecule has 1 aromatic heterocycles. The predicted octanol–water partition coefficient (Wildman–Crippen LogP) is 4.20. The first-order valence-electron chi connectivity index (χ1n) is 7.85. The lowest BCUT2D eigenvalue weighted by atomic mass is 10.2. The van der Waals surface area contributed by atoms with Crippen LogP contribution in [0.5, 0.6) is 11.5 Å². The van der Waals surface area contributed by atoms with Gasteiger partial charge in [0.15, 0.2) is 11.1 Å². The molecule has 0 unspecified atom stereocenters. The summed E-state index contributed by atoms with van der Waals surface area (Å²) in [5.41, 5.74) is 8.68. The van der Waals surface area contributed by atoms with Gasteiger partial charge in [0, 0.05) is 5.02 Å². The fourth-order valence-corrected chi connectivity index (χ4v) is 3.61. The van der Waals surface area contributed by atoms with E-state index in [2.05, 4.69) is 15.3 Å². The summed E-state index contributed by atoms with van der Waals surface area (Å²) in [4.78, 5) is 8.87. The van der Waals surface area contributed by atoms with Gasteiger partial charge in [0.2, 0.25) is 0 Å². The van der Waals surface area contributed by atoms with Crippen LogP contribution in [0.3, 0.4) is 0 Å². The van der Waals surface area contributed by atoms with Crippen LogP contribution < -0.4 is 20.5 Å². The van der Waals surface area contributed by atoms with Crippen molar-refractivity contribution in [3.63, 3.8) is 0 Å². The number of hydrogen-bond acceptors (Lipinski definition) is 5. The van der Waals surface area contributed by atoms with Crippen molar-refractivity contribution in [2.45, 2.75) is 13.5 Å². The number of nitrogens with one attached hydrogen (secondary N) is 1. The van der Waals surface area contributed by atoms with Crippen molar-refractivity contribution >= 4 is 44.2 Å².